The fraction of sp³-hybridized carbons (Fsp3) is 0.360. The van der Waals surface area contributed by atoms with Crippen molar-refractivity contribution in [1.29, 1.82) is 0 Å². The van der Waals surface area contributed by atoms with Crippen LogP contribution in [0.15, 0.2) is 54.2 Å². The summed E-state index contributed by atoms with van der Waals surface area (Å²) < 4.78 is 10.7. The van der Waals surface area contributed by atoms with E-state index in [4.69, 9.17) is 9.47 Å². The molecule has 0 atom stereocenters. The highest BCUT2D eigenvalue weighted by atomic mass is 16.5. The molecule has 2 saturated heterocycles. The fourth-order valence-electron chi connectivity index (χ4n) is 4.23. The van der Waals surface area contributed by atoms with Crippen LogP contribution in [0.2, 0.25) is 0 Å². The van der Waals surface area contributed by atoms with E-state index in [0.717, 1.165) is 56.1 Å². The number of benzene rings is 2. The predicted molar refractivity (Wildman–Crippen MR) is 127 cm³/mol. The molecule has 2 fully saturated rings. The summed E-state index contributed by atoms with van der Waals surface area (Å²) in [5, 5.41) is 2.69. The number of nitrogens with one attached hydrogen (secondary N) is 1. The summed E-state index contributed by atoms with van der Waals surface area (Å²) in [6, 6.07) is 15.1. The van der Waals surface area contributed by atoms with Crippen molar-refractivity contribution in [3.8, 4) is 11.5 Å². The van der Waals surface area contributed by atoms with Gasteiger partial charge < -0.3 is 19.7 Å². The molecule has 0 bridgehead atoms. The predicted octanol–water partition coefficient (Wildman–Crippen LogP) is 2.81. The summed E-state index contributed by atoms with van der Waals surface area (Å²) in [5.41, 5.74) is 2.21. The third kappa shape index (κ3) is 5.28. The monoisotopic (exact) mass is 450 g/mol. The van der Waals surface area contributed by atoms with Crippen LogP contribution in [0.4, 0.5) is 10.5 Å². The first-order valence-corrected chi connectivity index (χ1v) is 11.2. The van der Waals surface area contributed by atoms with Gasteiger partial charge in [0.2, 0.25) is 0 Å². The summed E-state index contributed by atoms with van der Waals surface area (Å²) in [6.45, 7) is 4.92. The first kappa shape index (κ1) is 22.7. The molecule has 0 radical (unpaired) electrons. The van der Waals surface area contributed by atoms with Gasteiger partial charge in [-0.15, -0.1) is 0 Å². The number of imide groups is 1. The molecule has 0 aliphatic carbocycles. The van der Waals surface area contributed by atoms with Crippen molar-refractivity contribution in [3.05, 3.63) is 59.8 Å². The summed E-state index contributed by atoms with van der Waals surface area (Å²) in [4.78, 5) is 31.1. The van der Waals surface area contributed by atoms with Crippen LogP contribution >= 0.6 is 0 Å². The number of para-hydroxylation sites is 2. The van der Waals surface area contributed by atoms with Gasteiger partial charge in [-0.3, -0.25) is 14.6 Å². The maximum atomic E-state index is 12.7. The molecule has 8 heteroatoms. The molecule has 3 amide bonds. The van der Waals surface area contributed by atoms with E-state index in [1.165, 1.54) is 4.90 Å². The zero-order chi connectivity index (χ0) is 23.2. The number of methoxy groups -OCH3 is 2. The Hall–Kier alpha value is -3.52. The normalized spacial score (nSPS) is 18.1. The van der Waals surface area contributed by atoms with Crippen molar-refractivity contribution in [2.45, 2.75) is 6.42 Å². The van der Waals surface area contributed by atoms with E-state index in [2.05, 4.69) is 21.2 Å². The van der Waals surface area contributed by atoms with Crippen molar-refractivity contribution >= 4 is 23.7 Å². The molecule has 0 saturated carbocycles. The van der Waals surface area contributed by atoms with E-state index in [0.29, 0.717) is 18.0 Å². The molecule has 33 heavy (non-hydrogen) atoms. The van der Waals surface area contributed by atoms with E-state index < -0.39 is 0 Å². The number of carbonyl (C=O) groups excluding carboxylic acids is 2. The fourth-order valence-corrected chi connectivity index (χ4v) is 4.23. The minimum Gasteiger partial charge on any atom is -0.497 e. The highest BCUT2D eigenvalue weighted by Gasteiger charge is 2.33. The Labute approximate surface area is 194 Å². The highest BCUT2D eigenvalue weighted by Crippen LogP contribution is 2.28. The van der Waals surface area contributed by atoms with E-state index in [-0.39, 0.29) is 11.9 Å². The topological polar surface area (TPSA) is 74.3 Å². The van der Waals surface area contributed by atoms with Crippen LogP contribution in [-0.2, 0) is 4.79 Å². The zero-order valence-electron chi connectivity index (χ0n) is 19.1. The van der Waals surface area contributed by atoms with Crippen molar-refractivity contribution in [3.63, 3.8) is 0 Å². The highest BCUT2D eigenvalue weighted by molar-refractivity contribution is 6.13. The summed E-state index contributed by atoms with van der Waals surface area (Å²) in [6.07, 6.45) is 2.42. The maximum Gasteiger partial charge on any atom is 0.329 e. The van der Waals surface area contributed by atoms with Gasteiger partial charge in [-0.05, 0) is 48.9 Å². The molecule has 4 rings (SSSR count). The molecule has 1 N–H and O–H groups in total. The SMILES string of the molecule is COc1cccc(/C=C2\NC(=O)N(CCCN3CCN(c4ccccc4OC)CC3)C2=O)c1. The first-order chi connectivity index (χ1) is 16.1. The van der Waals surface area contributed by atoms with E-state index in [1.807, 2.05) is 42.5 Å². The minimum absolute atomic E-state index is 0.288. The Balaban J connectivity index is 1.26. The number of carbonyl (C=O) groups is 2. The van der Waals surface area contributed by atoms with Crippen LogP contribution < -0.4 is 19.7 Å². The van der Waals surface area contributed by atoms with E-state index >= 15 is 0 Å². The molecule has 0 unspecified atom stereocenters. The number of hydrogen-bond donors (Lipinski definition) is 1. The Bertz CT molecular complexity index is 1030. The standard InChI is InChI=1S/C25H30N4O4/c1-32-20-8-5-7-19(17-20)18-21-24(30)29(25(31)26-21)12-6-11-27-13-15-28(16-14-27)22-9-3-4-10-23(22)33-2/h3-5,7-10,17-18H,6,11-16H2,1-2H3,(H,26,31)/b21-18-. The van der Waals surface area contributed by atoms with Crippen LogP contribution in [0.25, 0.3) is 6.08 Å². The number of hydrogen-bond acceptors (Lipinski definition) is 6. The summed E-state index contributed by atoms with van der Waals surface area (Å²) >= 11 is 0. The molecular formula is C25H30N4O4. The second-order valence-corrected chi connectivity index (χ2v) is 8.08. The number of piperazine rings is 1. The van der Waals surface area contributed by atoms with Crippen molar-refractivity contribution < 1.29 is 19.1 Å². The largest absolute Gasteiger partial charge is 0.497 e. The third-order valence-electron chi connectivity index (χ3n) is 6.02. The number of anilines is 1. The quantitative estimate of drug-likeness (QED) is 0.493. The third-order valence-corrected chi connectivity index (χ3v) is 6.02. The van der Waals surface area contributed by atoms with Gasteiger partial charge in [-0.1, -0.05) is 24.3 Å². The number of rotatable bonds is 8. The Morgan fingerprint density at radius 2 is 1.73 bits per heavy atom. The molecular weight excluding hydrogens is 420 g/mol. The second-order valence-electron chi connectivity index (χ2n) is 8.08. The zero-order valence-corrected chi connectivity index (χ0v) is 19.1. The molecule has 0 spiro atoms. The lowest BCUT2D eigenvalue weighted by molar-refractivity contribution is -0.122. The Kier molecular flexibility index (Phi) is 7.14. The molecule has 8 nitrogen and oxygen atoms in total. The van der Waals surface area contributed by atoms with Crippen molar-refractivity contribution in [2.24, 2.45) is 0 Å². The molecule has 2 aromatic rings. The maximum absolute atomic E-state index is 12.7. The van der Waals surface area contributed by atoms with Gasteiger partial charge >= 0.3 is 6.03 Å². The lowest BCUT2D eigenvalue weighted by Gasteiger charge is -2.36. The lowest BCUT2D eigenvalue weighted by atomic mass is 10.2. The van der Waals surface area contributed by atoms with Gasteiger partial charge in [0.15, 0.2) is 0 Å². The molecule has 2 aliphatic rings. The summed E-state index contributed by atoms with van der Waals surface area (Å²) in [7, 11) is 3.29. The van der Waals surface area contributed by atoms with Gasteiger partial charge in [0.05, 0.1) is 19.9 Å². The van der Waals surface area contributed by atoms with Crippen LogP contribution in [0.3, 0.4) is 0 Å². The molecule has 2 aliphatic heterocycles. The Morgan fingerprint density at radius 1 is 0.939 bits per heavy atom. The number of ether oxygens (including phenoxy) is 2. The number of amides is 3. The first-order valence-electron chi connectivity index (χ1n) is 11.2. The average molecular weight is 451 g/mol. The van der Waals surface area contributed by atoms with Crippen LogP contribution in [0.5, 0.6) is 11.5 Å². The van der Waals surface area contributed by atoms with Gasteiger partial charge in [-0.2, -0.15) is 0 Å². The van der Waals surface area contributed by atoms with Crippen molar-refractivity contribution in [2.75, 3.05) is 58.4 Å². The number of urea groups is 1. The molecule has 2 heterocycles. The van der Waals surface area contributed by atoms with E-state index in [9.17, 15) is 9.59 Å². The number of nitrogens with zero attached hydrogens (tertiary/aromatic N) is 3. The molecule has 0 aromatic heterocycles. The smallest absolute Gasteiger partial charge is 0.329 e. The molecule has 2 aromatic carbocycles. The van der Waals surface area contributed by atoms with Gasteiger partial charge in [0.25, 0.3) is 5.91 Å². The van der Waals surface area contributed by atoms with E-state index in [1.54, 1.807) is 20.3 Å². The van der Waals surface area contributed by atoms with Crippen LogP contribution in [0.1, 0.15) is 12.0 Å². The minimum atomic E-state index is -0.366. The van der Waals surface area contributed by atoms with Crippen LogP contribution in [0, 0.1) is 0 Å². The molecule has 174 valence electrons. The average Bonchev–Trinajstić information content (AvgIpc) is 3.11. The van der Waals surface area contributed by atoms with Gasteiger partial charge in [0.1, 0.15) is 17.2 Å². The summed E-state index contributed by atoms with van der Waals surface area (Å²) in [5.74, 6) is 1.30. The lowest BCUT2D eigenvalue weighted by Crippen LogP contribution is -2.47. The second kappa shape index (κ2) is 10.4. The van der Waals surface area contributed by atoms with Gasteiger partial charge in [-0.25, -0.2) is 4.79 Å². The van der Waals surface area contributed by atoms with Crippen molar-refractivity contribution in [1.82, 2.24) is 15.1 Å². The van der Waals surface area contributed by atoms with Gasteiger partial charge in [0, 0.05) is 32.7 Å². The Morgan fingerprint density at radius 3 is 2.48 bits per heavy atom. The van der Waals surface area contributed by atoms with Crippen LogP contribution in [-0.4, -0.2) is 75.2 Å².